The van der Waals surface area contributed by atoms with E-state index in [1.807, 2.05) is 0 Å². The van der Waals surface area contributed by atoms with Crippen LogP contribution in [-0.2, 0) is 0 Å². The summed E-state index contributed by atoms with van der Waals surface area (Å²) in [6.45, 7) is 9.58. The highest BCUT2D eigenvalue weighted by Gasteiger charge is 2.24. The molecule has 0 aliphatic heterocycles. The average Bonchev–Trinajstić information content (AvgIpc) is 3.01. The van der Waals surface area contributed by atoms with Crippen LogP contribution in [0.3, 0.4) is 0 Å². The summed E-state index contributed by atoms with van der Waals surface area (Å²) in [7, 11) is 0. The average molecular weight is 224 g/mol. The first-order chi connectivity index (χ1) is 7.56. The molecule has 0 bridgehead atoms. The summed E-state index contributed by atoms with van der Waals surface area (Å²) in [4.78, 5) is 0. The Morgan fingerprint density at radius 2 is 1.75 bits per heavy atom. The van der Waals surface area contributed by atoms with E-state index < -0.39 is 0 Å². The van der Waals surface area contributed by atoms with E-state index >= 15 is 0 Å². The Kier molecular flexibility index (Phi) is 5.86. The molecule has 0 aromatic carbocycles. The molecule has 1 atom stereocenters. The van der Waals surface area contributed by atoms with Crippen LogP contribution in [0.2, 0.25) is 0 Å². The minimum absolute atomic E-state index is 0.643. The molecule has 0 aromatic heterocycles. The van der Waals surface area contributed by atoms with Crippen molar-refractivity contribution in [1.29, 1.82) is 0 Å². The molecule has 0 heterocycles. The molecular weight excluding hydrogens is 192 g/mol. The Balaban J connectivity index is 2.13. The molecule has 1 rings (SSSR count). The van der Waals surface area contributed by atoms with Crippen molar-refractivity contribution in [3.8, 4) is 0 Å². The summed E-state index contributed by atoms with van der Waals surface area (Å²) in [6, 6.07) is 0. The van der Waals surface area contributed by atoms with Crippen LogP contribution < -0.4 is 0 Å². The molecule has 1 fully saturated rings. The predicted octanol–water partition coefficient (Wildman–Crippen LogP) is 5.81. The third kappa shape index (κ3) is 5.92. The van der Waals surface area contributed by atoms with E-state index in [2.05, 4.69) is 27.7 Å². The lowest BCUT2D eigenvalue weighted by Crippen LogP contribution is -2.15. The van der Waals surface area contributed by atoms with Gasteiger partial charge in [0.25, 0.3) is 0 Å². The van der Waals surface area contributed by atoms with Crippen molar-refractivity contribution >= 4 is 0 Å². The fourth-order valence-electron chi connectivity index (χ4n) is 2.64. The lowest BCUT2D eigenvalue weighted by Gasteiger charge is -2.28. The fraction of sp³-hybridized carbons (Fsp3) is 1.00. The van der Waals surface area contributed by atoms with Gasteiger partial charge in [0, 0.05) is 0 Å². The van der Waals surface area contributed by atoms with Crippen molar-refractivity contribution in [2.75, 3.05) is 0 Å². The van der Waals surface area contributed by atoms with Gasteiger partial charge in [-0.1, -0.05) is 72.6 Å². The zero-order valence-electron chi connectivity index (χ0n) is 12.0. The molecule has 0 amide bonds. The van der Waals surface area contributed by atoms with E-state index in [1.54, 1.807) is 0 Å². The number of hydrogen-bond donors (Lipinski definition) is 0. The number of hydrogen-bond acceptors (Lipinski definition) is 0. The molecule has 1 aliphatic carbocycles. The molecule has 0 heteroatoms. The molecule has 0 spiro atoms. The second-order valence-corrected chi connectivity index (χ2v) is 6.79. The molecule has 96 valence electrons. The van der Waals surface area contributed by atoms with Crippen LogP contribution in [0.1, 0.15) is 85.5 Å². The third-order valence-electron chi connectivity index (χ3n) is 4.50. The summed E-state index contributed by atoms with van der Waals surface area (Å²) in [6.07, 6.45) is 13.2. The quantitative estimate of drug-likeness (QED) is 0.463. The second kappa shape index (κ2) is 6.67. The molecule has 0 radical (unpaired) electrons. The molecule has 0 nitrogen and oxygen atoms in total. The Hall–Kier alpha value is 0. The summed E-state index contributed by atoms with van der Waals surface area (Å²) in [5.41, 5.74) is 0.643. The summed E-state index contributed by atoms with van der Waals surface area (Å²) < 4.78 is 0. The van der Waals surface area contributed by atoms with E-state index in [1.165, 1.54) is 57.8 Å². The van der Waals surface area contributed by atoms with Crippen LogP contribution in [0.5, 0.6) is 0 Å². The molecule has 1 unspecified atom stereocenters. The standard InChI is InChI=1S/C16H32/c1-5-16(4,12-6-8-14(2)3)13-7-9-15-10-11-15/h14-15H,5-13H2,1-4H3. The van der Waals surface area contributed by atoms with Gasteiger partial charge in [-0.05, 0) is 30.1 Å². The Labute approximate surface area is 103 Å². The van der Waals surface area contributed by atoms with Crippen LogP contribution in [0.4, 0.5) is 0 Å². The summed E-state index contributed by atoms with van der Waals surface area (Å²) >= 11 is 0. The van der Waals surface area contributed by atoms with Crippen molar-refractivity contribution in [3.63, 3.8) is 0 Å². The molecular formula is C16H32. The maximum atomic E-state index is 2.51. The monoisotopic (exact) mass is 224 g/mol. The minimum atomic E-state index is 0.643. The molecule has 0 aromatic rings. The molecule has 1 saturated carbocycles. The zero-order chi connectivity index (χ0) is 12.0. The van der Waals surface area contributed by atoms with Crippen LogP contribution in [0.15, 0.2) is 0 Å². The first-order valence-electron chi connectivity index (χ1n) is 7.56. The van der Waals surface area contributed by atoms with Crippen LogP contribution in [-0.4, -0.2) is 0 Å². The normalized spacial score (nSPS) is 20.1. The lowest BCUT2D eigenvalue weighted by molar-refractivity contribution is 0.237. The first-order valence-corrected chi connectivity index (χ1v) is 7.56. The highest BCUT2D eigenvalue weighted by molar-refractivity contribution is 4.77. The van der Waals surface area contributed by atoms with Crippen molar-refractivity contribution < 1.29 is 0 Å². The highest BCUT2D eigenvalue weighted by atomic mass is 14.3. The predicted molar refractivity (Wildman–Crippen MR) is 73.7 cm³/mol. The van der Waals surface area contributed by atoms with E-state index in [9.17, 15) is 0 Å². The molecule has 0 saturated heterocycles. The van der Waals surface area contributed by atoms with Gasteiger partial charge in [0.1, 0.15) is 0 Å². The van der Waals surface area contributed by atoms with Crippen LogP contribution >= 0.6 is 0 Å². The Morgan fingerprint density at radius 1 is 1.12 bits per heavy atom. The molecule has 16 heavy (non-hydrogen) atoms. The SMILES string of the molecule is CCC(C)(CCCC(C)C)CCCC1CC1. The van der Waals surface area contributed by atoms with Gasteiger partial charge < -0.3 is 0 Å². The van der Waals surface area contributed by atoms with E-state index in [4.69, 9.17) is 0 Å². The number of rotatable bonds is 9. The zero-order valence-corrected chi connectivity index (χ0v) is 12.0. The largest absolute Gasteiger partial charge is 0.0649 e. The second-order valence-electron chi connectivity index (χ2n) is 6.79. The summed E-state index contributed by atoms with van der Waals surface area (Å²) in [5, 5.41) is 0. The van der Waals surface area contributed by atoms with Crippen LogP contribution in [0, 0.1) is 17.3 Å². The van der Waals surface area contributed by atoms with Gasteiger partial charge in [0.2, 0.25) is 0 Å². The smallest absolute Gasteiger partial charge is 0.0328 e. The lowest BCUT2D eigenvalue weighted by atomic mass is 9.77. The van der Waals surface area contributed by atoms with Gasteiger partial charge in [-0.15, -0.1) is 0 Å². The maximum Gasteiger partial charge on any atom is -0.0328 e. The third-order valence-corrected chi connectivity index (χ3v) is 4.50. The van der Waals surface area contributed by atoms with Gasteiger partial charge in [-0.3, -0.25) is 0 Å². The first kappa shape index (κ1) is 14.1. The van der Waals surface area contributed by atoms with E-state index in [-0.39, 0.29) is 0 Å². The van der Waals surface area contributed by atoms with E-state index in [0.717, 1.165) is 11.8 Å². The van der Waals surface area contributed by atoms with Gasteiger partial charge >= 0.3 is 0 Å². The Bertz CT molecular complexity index is 168. The van der Waals surface area contributed by atoms with Crippen molar-refractivity contribution in [3.05, 3.63) is 0 Å². The van der Waals surface area contributed by atoms with Crippen molar-refractivity contribution in [1.82, 2.24) is 0 Å². The minimum Gasteiger partial charge on any atom is -0.0649 e. The summed E-state index contributed by atoms with van der Waals surface area (Å²) in [5.74, 6) is 2.00. The van der Waals surface area contributed by atoms with Gasteiger partial charge in [0.15, 0.2) is 0 Å². The van der Waals surface area contributed by atoms with Crippen LogP contribution in [0.25, 0.3) is 0 Å². The Morgan fingerprint density at radius 3 is 2.25 bits per heavy atom. The van der Waals surface area contributed by atoms with Crippen molar-refractivity contribution in [2.24, 2.45) is 17.3 Å². The maximum absolute atomic E-state index is 2.51. The molecule has 0 N–H and O–H groups in total. The van der Waals surface area contributed by atoms with Gasteiger partial charge in [-0.2, -0.15) is 0 Å². The molecule has 1 aliphatic rings. The highest BCUT2D eigenvalue weighted by Crippen LogP contribution is 2.39. The fourth-order valence-corrected chi connectivity index (χ4v) is 2.64. The van der Waals surface area contributed by atoms with E-state index in [0.29, 0.717) is 5.41 Å². The van der Waals surface area contributed by atoms with Crippen molar-refractivity contribution in [2.45, 2.75) is 85.5 Å². The van der Waals surface area contributed by atoms with Gasteiger partial charge in [0.05, 0.1) is 0 Å². The van der Waals surface area contributed by atoms with Gasteiger partial charge in [-0.25, -0.2) is 0 Å². The topological polar surface area (TPSA) is 0 Å².